The van der Waals surface area contributed by atoms with Gasteiger partial charge in [0.15, 0.2) is 0 Å². The first-order chi connectivity index (χ1) is 10.8. The van der Waals surface area contributed by atoms with Crippen molar-refractivity contribution in [3.8, 4) is 22.7 Å². The molecule has 0 aliphatic carbocycles. The van der Waals surface area contributed by atoms with E-state index in [2.05, 4.69) is 20.3 Å². The standard InChI is InChI=1S/C16H11N5O/c22-15-4-3-14(12-2-1-7-18-16(12)15)21-10-13(19-20-21)11-5-8-17-9-6-11/h1-10,22H. The fraction of sp³-hybridized carbons (Fsp3) is 0. The Bertz CT molecular complexity index is 949. The number of nitrogens with zero attached hydrogens (tertiary/aromatic N) is 5. The van der Waals surface area contributed by atoms with Crippen LogP contribution in [0.4, 0.5) is 0 Å². The van der Waals surface area contributed by atoms with Crippen LogP contribution in [0.2, 0.25) is 0 Å². The highest BCUT2D eigenvalue weighted by molar-refractivity contribution is 5.91. The highest BCUT2D eigenvalue weighted by Crippen LogP contribution is 2.28. The summed E-state index contributed by atoms with van der Waals surface area (Å²) >= 11 is 0. The van der Waals surface area contributed by atoms with Crippen LogP contribution in [-0.4, -0.2) is 30.1 Å². The fourth-order valence-electron chi connectivity index (χ4n) is 2.38. The summed E-state index contributed by atoms with van der Waals surface area (Å²) in [5.74, 6) is 0.147. The molecule has 106 valence electrons. The van der Waals surface area contributed by atoms with E-state index in [1.807, 2.05) is 30.5 Å². The average Bonchev–Trinajstić information content (AvgIpc) is 3.06. The zero-order chi connectivity index (χ0) is 14.9. The van der Waals surface area contributed by atoms with E-state index in [9.17, 15) is 5.11 Å². The molecule has 4 rings (SSSR count). The topological polar surface area (TPSA) is 76.7 Å². The van der Waals surface area contributed by atoms with E-state index < -0.39 is 0 Å². The highest BCUT2D eigenvalue weighted by Gasteiger charge is 2.10. The van der Waals surface area contributed by atoms with Crippen molar-refractivity contribution >= 4 is 10.9 Å². The molecular formula is C16H11N5O. The van der Waals surface area contributed by atoms with Gasteiger partial charge in [0.2, 0.25) is 0 Å². The van der Waals surface area contributed by atoms with Gasteiger partial charge in [-0.2, -0.15) is 0 Å². The minimum absolute atomic E-state index is 0.147. The summed E-state index contributed by atoms with van der Waals surface area (Å²) in [7, 11) is 0. The second kappa shape index (κ2) is 4.92. The van der Waals surface area contributed by atoms with Crippen LogP contribution in [0.25, 0.3) is 27.8 Å². The third kappa shape index (κ3) is 1.98. The largest absolute Gasteiger partial charge is 0.506 e. The number of aromatic hydroxyl groups is 1. The van der Waals surface area contributed by atoms with E-state index >= 15 is 0 Å². The second-order valence-electron chi connectivity index (χ2n) is 4.79. The number of phenols is 1. The predicted octanol–water partition coefficient (Wildman–Crippen LogP) is 2.58. The Morgan fingerprint density at radius 1 is 0.955 bits per heavy atom. The number of benzene rings is 1. The number of hydrogen-bond donors (Lipinski definition) is 1. The van der Waals surface area contributed by atoms with Gasteiger partial charge in [-0.05, 0) is 36.4 Å². The molecule has 22 heavy (non-hydrogen) atoms. The first kappa shape index (κ1) is 12.5. The average molecular weight is 289 g/mol. The number of phenolic OH excluding ortho intramolecular Hbond substituents is 1. The van der Waals surface area contributed by atoms with Crippen molar-refractivity contribution in [2.24, 2.45) is 0 Å². The molecule has 0 radical (unpaired) electrons. The summed E-state index contributed by atoms with van der Waals surface area (Å²) < 4.78 is 1.68. The molecule has 1 aromatic carbocycles. The van der Waals surface area contributed by atoms with Gasteiger partial charge >= 0.3 is 0 Å². The van der Waals surface area contributed by atoms with Gasteiger partial charge in [0.25, 0.3) is 0 Å². The van der Waals surface area contributed by atoms with Crippen LogP contribution in [0.15, 0.2) is 61.2 Å². The van der Waals surface area contributed by atoms with Crippen LogP contribution in [0.1, 0.15) is 0 Å². The van der Waals surface area contributed by atoms with E-state index in [0.29, 0.717) is 5.52 Å². The Balaban J connectivity index is 1.87. The lowest BCUT2D eigenvalue weighted by Gasteiger charge is -2.06. The van der Waals surface area contributed by atoms with E-state index in [-0.39, 0.29) is 5.75 Å². The van der Waals surface area contributed by atoms with Crippen molar-refractivity contribution in [1.82, 2.24) is 25.0 Å². The predicted molar refractivity (Wildman–Crippen MR) is 81.6 cm³/mol. The molecule has 0 spiro atoms. The maximum absolute atomic E-state index is 9.91. The van der Waals surface area contributed by atoms with E-state index in [1.165, 1.54) is 0 Å². The molecule has 3 aromatic heterocycles. The molecule has 6 heteroatoms. The fourth-order valence-corrected chi connectivity index (χ4v) is 2.38. The maximum atomic E-state index is 9.91. The van der Waals surface area contributed by atoms with Crippen LogP contribution in [0.3, 0.4) is 0 Å². The number of fused-ring (bicyclic) bond motifs is 1. The second-order valence-corrected chi connectivity index (χ2v) is 4.79. The molecular weight excluding hydrogens is 278 g/mol. The lowest BCUT2D eigenvalue weighted by Crippen LogP contribution is -1.96. The monoisotopic (exact) mass is 289 g/mol. The van der Waals surface area contributed by atoms with E-state index in [0.717, 1.165) is 22.3 Å². The first-order valence-corrected chi connectivity index (χ1v) is 6.73. The molecule has 0 unspecified atom stereocenters. The molecule has 6 nitrogen and oxygen atoms in total. The van der Waals surface area contributed by atoms with Crippen molar-refractivity contribution in [1.29, 1.82) is 0 Å². The van der Waals surface area contributed by atoms with Gasteiger partial charge in [-0.25, -0.2) is 4.68 Å². The molecule has 0 amide bonds. The van der Waals surface area contributed by atoms with Gasteiger partial charge < -0.3 is 5.11 Å². The minimum atomic E-state index is 0.147. The van der Waals surface area contributed by atoms with Gasteiger partial charge in [0.1, 0.15) is 17.0 Å². The molecule has 0 saturated heterocycles. The summed E-state index contributed by atoms with van der Waals surface area (Å²) in [5, 5.41) is 19.1. The van der Waals surface area contributed by atoms with Gasteiger partial charge in [-0.1, -0.05) is 5.21 Å². The van der Waals surface area contributed by atoms with Gasteiger partial charge in [0.05, 0.1) is 11.9 Å². The Morgan fingerprint density at radius 2 is 1.82 bits per heavy atom. The van der Waals surface area contributed by atoms with Gasteiger partial charge in [0, 0.05) is 29.5 Å². The summed E-state index contributed by atoms with van der Waals surface area (Å²) in [4.78, 5) is 8.21. The first-order valence-electron chi connectivity index (χ1n) is 6.73. The van der Waals surface area contributed by atoms with Crippen molar-refractivity contribution in [3.63, 3.8) is 0 Å². The lowest BCUT2D eigenvalue weighted by molar-refractivity contribution is 0.480. The summed E-state index contributed by atoms with van der Waals surface area (Å²) in [6.07, 6.45) is 6.92. The lowest BCUT2D eigenvalue weighted by atomic mass is 10.1. The molecule has 1 N–H and O–H groups in total. The molecule has 0 aliphatic rings. The van der Waals surface area contributed by atoms with Crippen molar-refractivity contribution in [2.45, 2.75) is 0 Å². The third-order valence-corrected chi connectivity index (χ3v) is 3.44. The zero-order valence-corrected chi connectivity index (χ0v) is 11.5. The third-order valence-electron chi connectivity index (χ3n) is 3.44. The summed E-state index contributed by atoms with van der Waals surface area (Å²) in [6, 6.07) is 10.9. The van der Waals surface area contributed by atoms with Gasteiger partial charge in [-0.3, -0.25) is 9.97 Å². The molecule has 3 heterocycles. The molecule has 0 atom stereocenters. The van der Waals surface area contributed by atoms with Crippen molar-refractivity contribution in [3.05, 3.63) is 61.2 Å². The number of pyridine rings is 2. The van der Waals surface area contributed by atoms with E-state index in [1.54, 1.807) is 35.4 Å². The SMILES string of the molecule is Oc1ccc(-n2cc(-c3ccncc3)nn2)c2cccnc12. The number of hydrogen-bond acceptors (Lipinski definition) is 5. The summed E-state index contributed by atoms with van der Waals surface area (Å²) in [5.41, 5.74) is 3.06. The number of rotatable bonds is 2. The Morgan fingerprint density at radius 3 is 2.68 bits per heavy atom. The van der Waals surface area contributed by atoms with Crippen LogP contribution < -0.4 is 0 Å². The van der Waals surface area contributed by atoms with Crippen LogP contribution >= 0.6 is 0 Å². The Kier molecular flexibility index (Phi) is 2.79. The van der Waals surface area contributed by atoms with Crippen LogP contribution in [0.5, 0.6) is 5.75 Å². The zero-order valence-electron chi connectivity index (χ0n) is 11.5. The smallest absolute Gasteiger partial charge is 0.141 e. The Hall–Kier alpha value is -3.28. The highest BCUT2D eigenvalue weighted by atomic mass is 16.3. The van der Waals surface area contributed by atoms with Crippen LogP contribution in [0, 0.1) is 0 Å². The molecule has 0 fully saturated rings. The van der Waals surface area contributed by atoms with Crippen molar-refractivity contribution in [2.75, 3.05) is 0 Å². The van der Waals surface area contributed by atoms with Crippen molar-refractivity contribution < 1.29 is 5.11 Å². The van der Waals surface area contributed by atoms with Gasteiger partial charge in [-0.15, -0.1) is 5.10 Å². The van der Waals surface area contributed by atoms with E-state index in [4.69, 9.17) is 0 Å². The molecule has 4 aromatic rings. The maximum Gasteiger partial charge on any atom is 0.141 e. The molecule has 0 aliphatic heterocycles. The molecule has 0 bridgehead atoms. The quantitative estimate of drug-likeness (QED) is 0.613. The summed E-state index contributed by atoms with van der Waals surface area (Å²) in [6.45, 7) is 0. The molecule has 0 saturated carbocycles. The number of aromatic nitrogens is 5. The normalized spacial score (nSPS) is 10.9. The van der Waals surface area contributed by atoms with Crippen LogP contribution in [-0.2, 0) is 0 Å². The Labute approximate surface area is 125 Å². The minimum Gasteiger partial charge on any atom is -0.506 e.